The Bertz CT molecular complexity index is 663. The summed E-state index contributed by atoms with van der Waals surface area (Å²) in [6, 6.07) is 11.0. The second-order valence-electron chi connectivity index (χ2n) is 6.25. The molecule has 1 unspecified atom stereocenters. The molecule has 5 nitrogen and oxygen atoms in total. The standard InChI is InChI=1S/C20H27N3O2/c1-3-25-15-18-12-16(4-5-20(18)24-2)14-23-11-10-22-13-19(23)17-6-8-21-9-7-17/h4-9,12,19,22H,3,10-11,13-15H2,1-2H3. The Morgan fingerprint density at radius 3 is 2.84 bits per heavy atom. The van der Waals surface area contributed by atoms with Crippen LogP contribution in [-0.2, 0) is 17.9 Å². The van der Waals surface area contributed by atoms with Crippen LogP contribution in [0, 0.1) is 0 Å². The van der Waals surface area contributed by atoms with Crippen LogP contribution in [0.1, 0.15) is 29.7 Å². The summed E-state index contributed by atoms with van der Waals surface area (Å²) in [5.74, 6) is 0.892. The Kier molecular flexibility index (Phi) is 6.39. The fourth-order valence-corrected chi connectivity index (χ4v) is 3.34. The number of ether oxygens (including phenoxy) is 2. The van der Waals surface area contributed by atoms with Crippen molar-refractivity contribution < 1.29 is 9.47 Å². The maximum Gasteiger partial charge on any atom is 0.124 e. The average Bonchev–Trinajstić information content (AvgIpc) is 2.67. The van der Waals surface area contributed by atoms with Gasteiger partial charge in [0.1, 0.15) is 5.75 Å². The van der Waals surface area contributed by atoms with Crippen LogP contribution in [0.25, 0.3) is 0 Å². The Labute approximate surface area is 150 Å². The fourth-order valence-electron chi connectivity index (χ4n) is 3.34. The molecular weight excluding hydrogens is 314 g/mol. The molecule has 25 heavy (non-hydrogen) atoms. The summed E-state index contributed by atoms with van der Waals surface area (Å²) in [5.41, 5.74) is 3.71. The lowest BCUT2D eigenvalue weighted by Gasteiger charge is -2.36. The van der Waals surface area contributed by atoms with E-state index in [0.717, 1.165) is 37.5 Å². The first kappa shape index (κ1) is 17.9. The molecule has 0 bridgehead atoms. The second kappa shape index (κ2) is 8.94. The highest BCUT2D eigenvalue weighted by Gasteiger charge is 2.23. The van der Waals surface area contributed by atoms with E-state index in [-0.39, 0.29) is 0 Å². The average molecular weight is 341 g/mol. The van der Waals surface area contributed by atoms with E-state index < -0.39 is 0 Å². The second-order valence-corrected chi connectivity index (χ2v) is 6.25. The summed E-state index contributed by atoms with van der Waals surface area (Å²) in [7, 11) is 1.71. The molecule has 1 N–H and O–H groups in total. The first-order valence-corrected chi connectivity index (χ1v) is 8.90. The zero-order valence-electron chi connectivity index (χ0n) is 15.1. The number of methoxy groups -OCH3 is 1. The molecule has 5 heteroatoms. The molecule has 0 saturated carbocycles. The van der Waals surface area contributed by atoms with Crippen molar-refractivity contribution >= 4 is 0 Å². The zero-order chi connectivity index (χ0) is 17.5. The van der Waals surface area contributed by atoms with Crippen LogP contribution in [0.15, 0.2) is 42.7 Å². The summed E-state index contributed by atoms with van der Waals surface area (Å²) >= 11 is 0. The molecule has 1 aromatic carbocycles. The molecule has 0 amide bonds. The highest BCUT2D eigenvalue weighted by molar-refractivity contribution is 5.37. The van der Waals surface area contributed by atoms with E-state index in [1.54, 1.807) is 7.11 Å². The molecular formula is C20H27N3O2. The monoisotopic (exact) mass is 341 g/mol. The number of nitrogens with one attached hydrogen (secondary N) is 1. The van der Waals surface area contributed by atoms with E-state index in [1.807, 2.05) is 25.4 Å². The number of rotatable bonds is 7. The molecule has 3 rings (SSSR count). The Balaban J connectivity index is 1.77. The first-order chi connectivity index (χ1) is 12.3. The van der Waals surface area contributed by atoms with Crippen LogP contribution in [-0.4, -0.2) is 43.2 Å². The smallest absolute Gasteiger partial charge is 0.124 e. The molecule has 1 aliphatic heterocycles. The van der Waals surface area contributed by atoms with Gasteiger partial charge in [0, 0.05) is 56.8 Å². The van der Waals surface area contributed by atoms with Gasteiger partial charge in [0.15, 0.2) is 0 Å². The number of hydrogen-bond acceptors (Lipinski definition) is 5. The molecule has 0 radical (unpaired) electrons. The summed E-state index contributed by atoms with van der Waals surface area (Å²) in [5, 5.41) is 3.50. The maximum absolute atomic E-state index is 5.59. The van der Waals surface area contributed by atoms with Gasteiger partial charge in [0.25, 0.3) is 0 Å². The Morgan fingerprint density at radius 2 is 2.08 bits per heavy atom. The number of piperazine rings is 1. The third-order valence-corrected chi connectivity index (χ3v) is 4.64. The van der Waals surface area contributed by atoms with Gasteiger partial charge in [-0.15, -0.1) is 0 Å². The number of aromatic nitrogens is 1. The van der Waals surface area contributed by atoms with Crippen LogP contribution >= 0.6 is 0 Å². The maximum atomic E-state index is 5.59. The minimum absolute atomic E-state index is 0.370. The van der Waals surface area contributed by atoms with E-state index in [1.165, 1.54) is 11.1 Å². The van der Waals surface area contributed by atoms with Crippen molar-refractivity contribution in [1.82, 2.24) is 15.2 Å². The third kappa shape index (κ3) is 4.57. The highest BCUT2D eigenvalue weighted by Crippen LogP contribution is 2.26. The van der Waals surface area contributed by atoms with E-state index in [4.69, 9.17) is 9.47 Å². The van der Waals surface area contributed by atoms with Crippen molar-refractivity contribution in [3.63, 3.8) is 0 Å². The quantitative estimate of drug-likeness (QED) is 0.839. The predicted octanol–water partition coefficient (Wildman–Crippen LogP) is 2.77. The summed E-state index contributed by atoms with van der Waals surface area (Å²) in [6.07, 6.45) is 3.74. The molecule has 2 aromatic rings. The van der Waals surface area contributed by atoms with Crippen molar-refractivity contribution in [2.75, 3.05) is 33.4 Å². The van der Waals surface area contributed by atoms with Gasteiger partial charge in [0.05, 0.1) is 13.7 Å². The van der Waals surface area contributed by atoms with Gasteiger partial charge in [-0.25, -0.2) is 0 Å². The molecule has 1 aromatic heterocycles. The number of hydrogen-bond donors (Lipinski definition) is 1. The van der Waals surface area contributed by atoms with Crippen LogP contribution in [0.3, 0.4) is 0 Å². The largest absolute Gasteiger partial charge is 0.496 e. The minimum atomic E-state index is 0.370. The number of benzene rings is 1. The number of nitrogens with zero attached hydrogens (tertiary/aromatic N) is 2. The lowest BCUT2D eigenvalue weighted by atomic mass is 10.0. The van der Waals surface area contributed by atoms with Gasteiger partial charge in [-0.3, -0.25) is 9.88 Å². The number of pyridine rings is 1. The normalized spacial score (nSPS) is 18.2. The van der Waals surface area contributed by atoms with Crippen LogP contribution in [0.4, 0.5) is 0 Å². The van der Waals surface area contributed by atoms with Crippen molar-refractivity contribution in [2.24, 2.45) is 0 Å². The summed E-state index contributed by atoms with van der Waals surface area (Å²) in [4.78, 5) is 6.67. The highest BCUT2D eigenvalue weighted by atomic mass is 16.5. The Morgan fingerprint density at radius 1 is 1.24 bits per heavy atom. The zero-order valence-corrected chi connectivity index (χ0v) is 15.1. The predicted molar refractivity (Wildman–Crippen MR) is 98.6 cm³/mol. The van der Waals surface area contributed by atoms with Crippen LogP contribution in [0.2, 0.25) is 0 Å². The van der Waals surface area contributed by atoms with Crippen molar-refractivity contribution in [2.45, 2.75) is 26.1 Å². The lowest BCUT2D eigenvalue weighted by molar-refractivity contribution is 0.131. The molecule has 134 valence electrons. The fraction of sp³-hybridized carbons (Fsp3) is 0.450. The molecule has 1 fully saturated rings. The summed E-state index contributed by atoms with van der Waals surface area (Å²) in [6.45, 7) is 7.22. The van der Waals surface area contributed by atoms with Gasteiger partial charge in [-0.2, -0.15) is 0 Å². The topological polar surface area (TPSA) is 46.6 Å². The van der Waals surface area contributed by atoms with Gasteiger partial charge in [0.2, 0.25) is 0 Å². The minimum Gasteiger partial charge on any atom is -0.496 e. The van der Waals surface area contributed by atoms with E-state index in [9.17, 15) is 0 Å². The third-order valence-electron chi connectivity index (χ3n) is 4.64. The van der Waals surface area contributed by atoms with E-state index >= 15 is 0 Å². The SMILES string of the molecule is CCOCc1cc(CN2CCNCC2c2ccncc2)ccc1OC. The van der Waals surface area contributed by atoms with Crippen molar-refractivity contribution in [3.8, 4) is 5.75 Å². The van der Waals surface area contributed by atoms with E-state index in [2.05, 4.69) is 39.5 Å². The van der Waals surface area contributed by atoms with Gasteiger partial charge in [-0.05, 0) is 42.3 Å². The lowest BCUT2D eigenvalue weighted by Crippen LogP contribution is -2.45. The first-order valence-electron chi connectivity index (χ1n) is 8.90. The van der Waals surface area contributed by atoms with Crippen molar-refractivity contribution in [3.05, 3.63) is 59.4 Å². The van der Waals surface area contributed by atoms with E-state index in [0.29, 0.717) is 19.3 Å². The van der Waals surface area contributed by atoms with Gasteiger partial charge >= 0.3 is 0 Å². The molecule has 0 aliphatic carbocycles. The molecule has 1 atom stereocenters. The Hall–Kier alpha value is -1.95. The summed E-state index contributed by atoms with van der Waals surface area (Å²) < 4.78 is 11.1. The van der Waals surface area contributed by atoms with Crippen molar-refractivity contribution in [1.29, 1.82) is 0 Å². The molecule has 1 aliphatic rings. The molecule has 2 heterocycles. The molecule has 0 spiro atoms. The van der Waals surface area contributed by atoms with Crippen LogP contribution in [0.5, 0.6) is 5.75 Å². The molecule has 1 saturated heterocycles. The van der Waals surface area contributed by atoms with Gasteiger partial charge < -0.3 is 14.8 Å². The van der Waals surface area contributed by atoms with Crippen LogP contribution < -0.4 is 10.1 Å². The van der Waals surface area contributed by atoms with Gasteiger partial charge in [-0.1, -0.05) is 6.07 Å².